The maximum Gasteiger partial charge on any atom is 0.410 e. The Hall–Kier alpha value is -0.690. The van der Waals surface area contributed by atoms with E-state index < -0.39 is 18.2 Å². The summed E-state index contributed by atoms with van der Waals surface area (Å²) >= 11 is 0.585. The fraction of sp³-hybridized carbons (Fsp3) is 0.500. The van der Waals surface area contributed by atoms with Gasteiger partial charge in [-0.2, -0.15) is 13.2 Å². The summed E-state index contributed by atoms with van der Waals surface area (Å²) in [6, 6.07) is 0. The Kier molecular flexibility index (Phi) is 4.86. The molecule has 2 N–H and O–H groups in total. The summed E-state index contributed by atoms with van der Waals surface area (Å²) in [5, 5.41) is 17.5. The smallest absolute Gasteiger partial charge is 0.410 e. The summed E-state index contributed by atoms with van der Waals surface area (Å²) in [5.41, 5.74) is 0. The number of carbonyl (C=O) groups is 1. The van der Waals surface area contributed by atoms with Crippen LogP contribution in [0.4, 0.5) is 13.2 Å². The van der Waals surface area contributed by atoms with E-state index >= 15 is 0 Å². The van der Waals surface area contributed by atoms with Crippen molar-refractivity contribution in [1.29, 1.82) is 0 Å². The van der Waals surface area contributed by atoms with Gasteiger partial charge in [0.1, 0.15) is 0 Å². The number of aliphatic carboxylic acids is 1. The molecule has 0 heterocycles. The van der Waals surface area contributed by atoms with Crippen LogP contribution in [0.25, 0.3) is 0 Å². The second-order valence-electron chi connectivity index (χ2n) is 2.03. The van der Waals surface area contributed by atoms with Crippen LogP contribution in [0.1, 0.15) is 0 Å². The van der Waals surface area contributed by atoms with Crippen LogP contribution in [0.15, 0.2) is 11.5 Å². The van der Waals surface area contributed by atoms with Crippen LogP contribution >= 0.6 is 11.8 Å². The molecule has 0 saturated heterocycles. The number of alkyl halides is 3. The number of aliphatic hydroxyl groups is 1. The zero-order chi connectivity index (χ0) is 10.5. The monoisotopic (exact) mass is 216 g/mol. The highest BCUT2D eigenvalue weighted by atomic mass is 32.2. The predicted octanol–water partition coefficient (Wildman–Crippen LogP) is 1.24. The Morgan fingerprint density at radius 3 is 2.46 bits per heavy atom. The van der Waals surface area contributed by atoms with Gasteiger partial charge in [-0.3, -0.25) is 0 Å². The Bertz CT molecular complexity index is 202. The third-order valence-electron chi connectivity index (χ3n) is 0.892. The van der Waals surface area contributed by atoms with Crippen LogP contribution in [-0.2, 0) is 4.79 Å². The molecule has 1 atom stereocenters. The summed E-state index contributed by atoms with van der Waals surface area (Å²) in [6.07, 6.45) is -6.06. The van der Waals surface area contributed by atoms with Crippen molar-refractivity contribution >= 4 is 17.7 Å². The highest BCUT2D eigenvalue weighted by Gasteiger charge is 2.22. The number of rotatable bonds is 4. The maximum absolute atomic E-state index is 11.5. The van der Waals surface area contributed by atoms with E-state index in [-0.39, 0.29) is 11.8 Å². The van der Waals surface area contributed by atoms with Crippen molar-refractivity contribution in [2.75, 3.05) is 5.75 Å². The molecule has 3 nitrogen and oxygen atoms in total. The van der Waals surface area contributed by atoms with Gasteiger partial charge >= 0.3 is 12.1 Å². The molecule has 0 aliphatic heterocycles. The minimum Gasteiger partial charge on any atom is -0.479 e. The van der Waals surface area contributed by atoms with E-state index in [0.29, 0.717) is 17.2 Å². The molecule has 0 saturated carbocycles. The molecule has 0 aliphatic carbocycles. The maximum atomic E-state index is 11.5. The van der Waals surface area contributed by atoms with E-state index in [4.69, 9.17) is 10.2 Å². The minimum atomic E-state index is -4.40. The molecule has 0 spiro atoms. The van der Waals surface area contributed by atoms with Crippen molar-refractivity contribution in [3.8, 4) is 0 Å². The number of hydrogen-bond acceptors (Lipinski definition) is 3. The molecule has 0 unspecified atom stereocenters. The molecule has 0 bridgehead atoms. The van der Waals surface area contributed by atoms with Gasteiger partial charge in [-0.25, -0.2) is 4.79 Å². The summed E-state index contributed by atoms with van der Waals surface area (Å²) < 4.78 is 34.4. The highest BCUT2D eigenvalue weighted by molar-refractivity contribution is 8.02. The van der Waals surface area contributed by atoms with Gasteiger partial charge in [0.2, 0.25) is 0 Å². The van der Waals surface area contributed by atoms with E-state index in [1.807, 2.05) is 0 Å². The minimum absolute atomic E-state index is 0.0216. The molecule has 0 aliphatic rings. The molecule has 0 amide bonds. The van der Waals surface area contributed by atoms with Crippen LogP contribution in [-0.4, -0.2) is 34.2 Å². The van der Waals surface area contributed by atoms with Crippen LogP contribution < -0.4 is 0 Å². The number of aliphatic hydroxyl groups excluding tert-OH is 1. The van der Waals surface area contributed by atoms with Crippen molar-refractivity contribution in [3.63, 3.8) is 0 Å². The quantitative estimate of drug-likeness (QED) is 0.742. The number of allylic oxidation sites excluding steroid dienone is 1. The lowest BCUT2D eigenvalue weighted by Crippen LogP contribution is -2.21. The van der Waals surface area contributed by atoms with Crippen molar-refractivity contribution in [2.45, 2.75) is 12.3 Å². The van der Waals surface area contributed by atoms with Crippen molar-refractivity contribution in [2.24, 2.45) is 0 Å². The standard InChI is InChI=1S/C6H7F3O3S/c7-6(8,9)1-2-13-3-4(10)5(11)12/h1-2,4,10H,3H2,(H,11,12)/t4-/m1/s1. The van der Waals surface area contributed by atoms with Crippen LogP contribution in [0.2, 0.25) is 0 Å². The fourth-order valence-corrected chi connectivity index (χ4v) is 1.03. The number of carboxylic acid groups (broad SMARTS) is 1. The number of carboxylic acids is 1. The van der Waals surface area contributed by atoms with E-state index in [1.54, 1.807) is 0 Å². The Labute approximate surface area is 76.2 Å². The fourth-order valence-electron chi connectivity index (χ4n) is 0.343. The van der Waals surface area contributed by atoms with Crippen molar-refractivity contribution in [3.05, 3.63) is 11.5 Å². The van der Waals surface area contributed by atoms with E-state index in [0.717, 1.165) is 0 Å². The lowest BCUT2D eigenvalue weighted by molar-refractivity contribution is -0.145. The molecule has 13 heavy (non-hydrogen) atoms. The third kappa shape index (κ3) is 7.66. The summed E-state index contributed by atoms with van der Waals surface area (Å²) in [4.78, 5) is 9.98. The van der Waals surface area contributed by atoms with Crippen LogP contribution in [0.5, 0.6) is 0 Å². The first kappa shape index (κ1) is 12.3. The second kappa shape index (κ2) is 5.13. The number of halogens is 3. The molecule has 0 aromatic rings. The molecule has 7 heteroatoms. The lowest BCUT2D eigenvalue weighted by atomic mass is 10.4. The lowest BCUT2D eigenvalue weighted by Gasteiger charge is -2.01. The first-order valence-corrected chi connectivity index (χ1v) is 4.14. The largest absolute Gasteiger partial charge is 0.479 e. The average Bonchev–Trinajstić information content (AvgIpc) is 1.95. The Morgan fingerprint density at radius 2 is 2.08 bits per heavy atom. The van der Waals surface area contributed by atoms with Crippen LogP contribution in [0.3, 0.4) is 0 Å². The molecule has 0 fully saturated rings. The second-order valence-corrected chi connectivity index (χ2v) is 2.97. The normalized spacial score (nSPS) is 14.8. The topological polar surface area (TPSA) is 57.5 Å². The first-order chi connectivity index (χ1) is 5.83. The van der Waals surface area contributed by atoms with Gasteiger partial charge < -0.3 is 10.2 Å². The molecular formula is C6H7F3O3S. The molecule has 0 rings (SSSR count). The molecule has 0 aromatic carbocycles. The van der Waals surface area contributed by atoms with Crippen molar-refractivity contribution in [1.82, 2.24) is 0 Å². The Balaban J connectivity index is 3.68. The van der Waals surface area contributed by atoms with Gasteiger partial charge in [-0.15, -0.1) is 11.8 Å². The third-order valence-corrected chi connectivity index (χ3v) is 1.73. The van der Waals surface area contributed by atoms with Gasteiger partial charge in [-0.1, -0.05) is 0 Å². The van der Waals surface area contributed by atoms with Gasteiger partial charge in [-0.05, 0) is 5.41 Å². The van der Waals surface area contributed by atoms with E-state index in [1.165, 1.54) is 0 Å². The zero-order valence-electron chi connectivity index (χ0n) is 6.28. The summed E-state index contributed by atoms with van der Waals surface area (Å²) in [7, 11) is 0. The summed E-state index contributed by atoms with van der Waals surface area (Å²) in [5.74, 6) is -1.75. The first-order valence-electron chi connectivity index (χ1n) is 3.10. The number of hydrogen-bond donors (Lipinski definition) is 2. The van der Waals surface area contributed by atoms with Gasteiger partial charge in [0.05, 0.1) is 0 Å². The summed E-state index contributed by atoms with van der Waals surface area (Å²) in [6.45, 7) is 0. The Morgan fingerprint density at radius 1 is 1.54 bits per heavy atom. The van der Waals surface area contributed by atoms with Crippen LogP contribution in [0, 0.1) is 0 Å². The average molecular weight is 216 g/mol. The van der Waals surface area contributed by atoms with Gasteiger partial charge in [0.15, 0.2) is 6.10 Å². The number of thioether (sulfide) groups is 1. The van der Waals surface area contributed by atoms with Gasteiger partial charge in [0, 0.05) is 11.8 Å². The molecular weight excluding hydrogens is 209 g/mol. The van der Waals surface area contributed by atoms with Crippen molar-refractivity contribution < 1.29 is 28.2 Å². The SMILES string of the molecule is O=C(O)[C@H](O)CSC=CC(F)(F)F. The zero-order valence-corrected chi connectivity index (χ0v) is 7.10. The van der Waals surface area contributed by atoms with Gasteiger partial charge in [0.25, 0.3) is 0 Å². The molecule has 0 radical (unpaired) electrons. The molecule has 76 valence electrons. The van der Waals surface area contributed by atoms with E-state index in [9.17, 15) is 18.0 Å². The van der Waals surface area contributed by atoms with E-state index in [2.05, 4.69) is 0 Å². The highest BCUT2D eigenvalue weighted by Crippen LogP contribution is 2.18. The predicted molar refractivity (Wildman–Crippen MR) is 41.3 cm³/mol. The molecule has 0 aromatic heterocycles.